The molecule has 4 aromatic carbocycles. The van der Waals surface area contributed by atoms with Gasteiger partial charge in [0.15, 0.2) is 0 Å². The van der Waals surface area contributed by atoms with Crippen molar-refractivity contribution in [2.24, 2.45) is 5.92 Å². The minimum atomic E-state index is -3.93. The Hall–Kier alpha value is -3.74. The van der Waals surface area contributed by atoms with E-state index in [2.05, 4.69) is 128 Å². The highest BCUT2D eigenvalue weighted by Gasteiger charge is 2.26. The summed E-state index contributed by atoms with van der Waals surface area (Å²) in [4.78, 5) is 11.5. The second-order valence-electron chi connectivity index (χ2n) is 12.9. The van der Waals surface area contributed by atoms with E-state index in [1.807, 2.05) is 0 Å². The summed E-state index contributed by atoms with van der Waals surface area (Å²) in [6, 6.07) is 34.7. The minimum Gasteiger partial charge on any atom is -0.480 e. The molecule has 0 amide bonds. The zero-order chi connectivity index (χ0) is 36.8. The molecule has 3 unspecified atom stereocenters. The number of hydrogen-bond acceptors (Lipinski definition) is 3. The number of hydrogen-bond donors (Lipinski definition) is 2. The Bertz CT molecular complexity index is 1480. The van der Waals surface area contributed by atoms with Crippen LogP contribution in [0.2, 0.25) is 0 Å². The van der Waals surface area contributed by atoms with Crippen molar-refractivity contribution in [3.63, 3.8) is 0 Å². The lowest BCUT2D eigenvalue weighted by atomic mass is 9.99. The molecule has 268 valence electrons. The van der Waals surface area contributed by atoms with Crippen molar-refractivity contribution in [3.8, 4) is 0 Å². The van der Waals surface area contributed by atoms with Gasteiger partial charge in [0.2, 0.25) is 10.0 Å². The summed E-state index contributed by atoms with van der Waals surface area (Å²) in [5.41, 5.74) is 4.33. The number of sulfonamides is 1. The highest BCUT2D eigenvalue weighted by molar-refractivity contribution is 7.89. The van der Waals surface area contributed by atoms with E-state index in [0.717, 1.165) is 17.9 Å². The second-order valence-corrected chi connectivity index (χ2v) is 14.6. The Balaban J connectivity index is 0.000000393. The van der Waals surface area contributed by atoms with Crippen molar-refractivity contribution in [2.75, 3.05) is 0 Å². The van der Waals surface area contributed by atoms with E-state index in [4.69, 9.17) is 0 Å². The average Bonchev–Trinajstić information content (AvgIpc) is 3.14. The smallest absolute Gasteiger partial charge is 0.326 e. The molecule has 0 aromatic heterocycles. The minimum absolute atomic E-state index is 0.0525. The fourth-order valence-electron chi connectivity index (χ4n) is 4.38. The highest BCUT2D eigenvalue weighted by Crippen LogP contribution is 2.22. The number of benzene rings is 4. The molecule has 4 rings (SSSR count). The van der Waals surface area contributed by atoms with E-state index in [-0.39, 0.29) is 4.90 Å². The number of aliphatic carboxylic acids is 1. The maximum Gasteiger partial charge on any atom is 0.326 e. The molecule has 4 atom stereocenters. The first-order valence-electron chi connectivity index (χ1n) is 17.8. The second kappa shape index (κ2) is 23.6. The van der Waals surface area contributed by atoms with E-state index in [0.29, 0.717) is 23.3 Å². The molecule has 6 heteroatoms. The lowest BCUT2D eigenvalue weighted by Crippen LogP contribution is -2.33. The lowest BCUT2D eigenvalue weighted by molar-refractivity contribution is -0.139. The Morgan fingerprint density at radius 3 is 1.12 bits per heavy atom. The van der Waals surface area contributed by atoms with Gasteiger partial charge in [0.05, 0.1) is 4.90 Å². The fraction of sp³-hybridized carbons (Fsp3) is 0.419. The van der Waals surface area contributed by atoms with Crippen LogP contribution in [-0.2, 0) is 14.8 Å². The molecular weight excluding hydrogens is 627 g/mol. The summed E-state index contributed by atoms with van der Waals surface area (Å²) in [5.74, 6) is 1.39. The Morgan fingerprint density at radius 2 is 0.837 bits per heavy atom. The monoisotopic (exact) mass is 687 g/mol. The van der Waals surface area contributed by atoms with E-state index in [9.17, 15) is 18.3 Å². The third-order valence-electron chi connectivity index (χ3n) is 8.80. The van der Waals surface area contributed by atoms with Crippen LogP contribution in [0.15, 0.2) is 120 Å². The van der Waals surface area contributed by atoms with Crippen molar-refractivity contribution in [1.82, 2.24) is 4.72 Å². The predicted molar refractivity (Wildman–Crippen MR) is 208 cm³/mol. The lowest BCUT2D eigenvalue weighted by Gasteiger charge is -2.16. The Morgan fingerprint density at radius 1 is 0.531 bits per heavy atom. The van der Waals surface area contributed by atoms with Crippen LogP contribution in [0.4, 0.5) is 0 Å². The molecule has 4 aromatic rings. The van der Waals surface area contributed by atoms with Gasteiger partial charge in [-0.3, -0.25) is 4.79 Å². The van der Waals surface area contributed by atoms with Gasteiger partial charge in [0.25, 0.3) is 0 Å². The molecule has 0 fully saturated rings. The third-order valence-corrected chi connectivity index (χ3v) is 10.2. The number of carboxylic acids is 1. The fourth-order valence-corrected chi connectivity index (χ4v) is 5.55. The van der Waals surface area contributed by atoms with Gasteiger partial charge >= 0.3 is 5.97 Å². The molecule has 0 bridgehead atoms. The number of carbonyl (C=O) groups is 1. The van der Waals surface area contributed by atoms with Gasteiger partial charge in [0.1, 0.15) is 6.04 Å². The van der Waals surface area contributed by atoms with Gasteiger partial charge in [-0.1, -0.05) is 172 Å². The van der Waals surface area contributed by atoms with Crippen molar-refractivity contribution in [2.45, 2.75) is 117 Å². The maximum atomic E-state index is 12.5. The van der Waals surface area contributed by atoms with Gasteiger partial charge in [-0.15, -0.1) is 0 Å². The van der Waals surface area contributed by atoms with Crippen LogP contribution >= 0.6 is 0 Å². The van der Waals surface area contributed by atoms with Crippen LogP contribution in [0.1, 0.15) is 134 Å². The third kappa shape index (κ3) is 16.5. The standard InChI is InChI=1S/C18H21NO4S.2C10H14.C5H12/c1-3-13(2)14-9-11-16(12-10-14)24(22,23)19-17(18(20)21)15-7-5-4-6-8-15;2*1-3-9(2)10-7-5-4-6-8-10;1-4-5(2)3/h4-13,17,19H,3H2,1-2H3,(H,20,21);2*4-9H,3H2,1-2H3;5H,4H2,1-3H3/t13?,17-;;;/m1.../s1. The molecule has 0 radical (unpaired) electrons. The summed E-state index contributed by atoms with van der Waals surface area (Å²) in [5, 5.41) is 9.36. The maximum absolute atomic E-state index is 12.5. The van der Waals surface area contributed by atoms with Crippen molar-refractivity contribution in [1.29, 1.82) is 0 Å². The zero-order valence-corrected chi connectivity index (χ0v) is 32.1. The van der Waals surface area contributed by atoms with E-state index < -0.39 is 22.0 Å². The molecule has 0 aliphatic carbocycles. The molecule has 0 spiro atoms. The SMILES string of the molecule is CCC(C)C.CCC(C)c1ccc(S(=O)(=O)N[C@@H](C(=O)O)c2ccccc2)cc1.CCC(C)c1ccccc1.CCC(C)c1ccccc1. The quantitative estimate of drug-likeness (QED) is 0.155. The molecular formula is C43H61NO4S. The van der Waals surface area contributed by atoms with Crippen LogP contribution < -0.4 is 4.72 Å². The van der Waals surface area contributed by atoms with Crippen LogP contribution in [-0.4, -0.2) is 19.5 Å². The molecule has 0 heterocycles. The van der Waals surface area contributed by atoms with E-state index >= 15 is 0 Å². The summed E-state index contributed by atoms with van der Waals surface area (Å²) >= 11 is 0. The molecule has 2 N–H and O–H groups in total. The number of carboxylic acid groups (broad SMARTS) is 1. The number of rotatable bonds is 12. The van der Waals surface area contributed by atoms with Crippen LogP contribution in [0.5, 0.6) is 0 Å². The predicted octanol–water partition coefficient (Wildman–Crippen LogP) is 11.8. The van der Waals surface area contributed by atoms with Gasteiger partial charge < -0.3 is 5.11 Å². The number of nitrogens with one attached hydrogen (secondary N) is 1. The molecule has 49 heavy (non-hydrogen) atoms. The van der Waals surface area contributed by atoms with Crippen LogP contribution in [0.3, 0.4) is 0 Å². The molecule has 0 saturated carbocycles. The molecule has 0 aliphatic rings. The first-order valence-corrected chi connectivity index (χ1v) is 19.3. The van der Waals surface area contributed by atoms with Crippen LogP contribution in [0.25, 0.3) is 0 Å². The Kier molecular flexibility index (Phi) is 20.8. The van der Waals surface area contributed by atoms with E-state index in [1.165, 1.54) is 42.5 Å². The molecule has 0 saturated heterocycles. The van der Waals surface area contributed by atoms with Crippen molar-refractivity contribution < 1.29 is 18.3 Å². The first-order chi connectivity index (χ1) is 23.3. The Labute approximate surface area is 298 Å². The average molecular weight is 688 g/mol. The molecule has 5 nitrogen and oxygen atoms in total. The van der Waals surface area contributed by atoms with Crippen molar-refractivity contribution in [3.05, 3.63) is 138 Å². The van der Waals surface area contributed by atoms with Crippen molar-refractivity contribution >= 4 is 16.0 Å². The largest absolute Gasteiger partial charge is 0.480 e. The summed E-state index contributed by atoms with van der Waals surface area (Å²) < 4.78 is 27.3. The van der Waals surface area contributed by atoms with Crippen LogP contribution in [0, 0.1) is 5.92 Å². The zero-order valence-electron chi connectivity index (χ0n) is 31.3. The summed E-state index contributed by atoms with van der Waals surface area (Å²) in [7, 11) is -3.93. The normalized spacial score (nSPS) is 13.2. The first kappa shape index (κ1) is 43.3. The van der Waals surface area contributed by atoms with Gasteiger partial charge in [0, 0.05) is 0 Å². The highest BCUT2D eigenvalue weighted by atomic mass is 32.2. The summed E-state index contributed by atoms with van der Waals surface area (Å²) in [6.45, 7) is 19.7. The van der Waals surface area contributed by atoms with Gasteiger partial charge in [-0.2, -0.15) is 4.72 Å². The summed E-state index contributed by atoms with van der Waals surface area (Å²) in [6.07, 6.45) is 4.72. The van der Waals surface area contributed by atoms with Gasteiger partial charge in [-0.25, -0.2) is 8.42 Å². The van der Waals surface area contributed by atoms with Gasteiger partial charge in [-0.05, 0) is 77.3 Å². The molecule has 0 aliphatic heterocycles. The topological polar surface area (TPSA) is 83.5 Å². The van der Waals surface area contributed by atoms with E-state index in [1.54, 1.807) is 42.5 Å².